The lowest BCUT2D eigenvalue weighted by molar-refractivity contribution is 0.644. The molecule has 2 nitrogen and oxygen atoms in total. The van der Waals surface area contributed by atoms with E-state index in [0.717, 1.165) is 40.7 Å². The third-order valence-electron chi connectivity index (χ3n) is 5.96. The second-order valence-electron chi connectivity index (χ2n) is 8.86. The summed E-state index contributed by atoms with van der Waals surface area (Å²) in [4.78, 5) is 4.75. The van der Waals surface area contributed by atoms with Crippen LogP contribution in [-0.2, 0) is 12.8 Å². The van der Waals surface area contributed by atoms with Gasteiger partial charge in [-0.2, -0.15) is 0 Å². The minimum atomic E-state index is 0.620. The van der Waals surface area contributed by atoms with Crippen LogP contribution in [0.5, 0.6) is 0 Å². The summed E-state index contributed by atoms with van der Waals surface area (Å²) >= 11 is 0. The predicted molar refractivity (Wildman–Crippen MR) is 129 cm³/mol. The summed E-state index contributed by atoms with van der Waals surface area (Å²) in [6, 6.07) is 25.7. The molecule has 0 atom stereocenters. The number of benzene rings is 3. The van der Waals surface area contributed by atoms with Gasteiger partial charge in [-0.15, -0.1) is 0 Å². The van der Waals surface area contributed by atoms with Crippen LogP contribution in [0.15, 0.2) is 83.4 Å². The van der Waals surface area contributed by atoms with Crippen LogP contribution in [0.25, 0.3) is 33.2 Å². The van der Waals surface area contributed by atoms with Crippen LogP contribution in [0.2, 0.25) is 0 Å². The van der Waals surface area contributed by atoms with E-state index < -0.39 is 0 Å². The molecule has 0 aliphatic rings. The third kappa shape index (κ3) is 3.86. The van der Waals surface area contributed by atoms with Crippen molar-refractivity contribution in [2.24, 2.45) is 5.92 Å². The van der Waals surface area contributed by atoms with E-state index in [1.54, 1.807) is 0 Å². The van der Waals surface area contributed by atoms with Crippen LogP contribution >= 0.6 is 0 Å². The van der Waals surface area contributed by atoms with E-state index in [1.165, 1.54) is 27.6 Å². The second kappa shape index (κ2) is 8.03. The van der Waals surface area contributed by atoms with Crippen molar-refractivity contribution in [1.82, 2.24) is 4.98 Å². The number of pyridine rings is 1. The van der Waals surface area contributed by atoms with E-state index in [-0.39, 0.29) is 0 Å². The van der Waals surface area contributed by atoms with E-state index in [4.69, 9.17) is 9.40 Å². The highest BCUT2D eigenvalue weighted by Gasteiger charge is 2.14. The normalized spacial score (nSPS) is 11.6. The van der Waals surface area contributed by atoms with Crippen molar-refractivity contribution >= 4 is 21.9 Å². The summed E-state index contributed by atoms with van der Waals surface area (Å²) < 4.78 is 6.20. The molecule has 0 unspecified atom stereocenters. The van der Waals surface area contributed by atoms with Gasteiger partial charge < -0.3 is 4.42 Å². The molecule has 0 saturated carbocycles. The second-order valence-corrected chi connectivity index (χ2v) is 8.86. The van der Waals surface area contributed by atoms with Crippen LogP contribution < -0.4 is 0 Å². The highest BCUT2D eigenvalue weighted by Crippen LogP contribution is 2.35. The highest BCUT2D eigenvalue weighted by molar-refractivity contribution is 6.08. The van der Waals surface area contributed by atoms with Gasteiger partial charge in [0, 0.05) is 22.5 Å². The van der Waals surface area contributed by atoms with Crippen molar-refractivity contribution in [3.63, 3.8) is 0 Å². The molecular formula is C29H27NO. The zero-order chi connectivity index (χ0) is 21.4. The molecule has 3 aromatic carbocycles. The van der Waals surface area contributed by atoms with Gasteiger partial charge in [0.1, 0.15) is 11.2 Å². The Hall–Kier alpha value is -3.39. The molecule has 2 aromatic heterocycles. The Bertz CT molecular complexity index is 1360. The predicted octanol–water partition coefficient (Wildman–Crippen LogP) is 7.75. The smallest absolute Gasteiger partial charge is 0.135 e. The number of aryl methyl sites for hydroxylation is 1. The largest absolute Gasteiger partial charge is 0.456 e. The van der Waals surface area contributed by atoms with E-state index in [1.807, 2.05) is 6.20 Å². The van der Waals surface area contributed by atoms with Gasteiger partial charge in [0.25, 0.3) is 0 Å². The topological polar surface area (TPSA) is 26.0 Å². The molecule has 154 valence electrons. The summed E-state index contributed by atoms with van der Waals surface area (Å²) in [6.45, 7) is 6.67. The fourth-order valence-electron chi connectivity index (χ4n) is 4.41. The van der Waals surface area contributed by atoms with Gasteiger partial charge in [0.15, 0.2) is 0 Å². The number of rotatable bonds is 5. The van der Waals surface area contributed by atoms with E-state index >= 15 is 0 Å². The third-order valence-corrected chi connectivity index (χ3v) is 5.96. The molecule has 0 fully saturated rings. The Morgan fingerprint density at radius 3 is 2.48 bits per heavy atom. The number of nitrogens with zero attached hydrogens (tertiary/aromatic N) is 1. The molecule has 0 aliphatic carbocycles. The molecule has 5 aromatic rings. The van der Waals surface area contributed by atoms with Gasteiger partial charge in [-0.05, 0) is 78.3 Å². The first kappa shape index (κ1) is 19.6. The minimum Gasteiger partial charge on any atom is -0.456 e. The number of furan rings is 1. The van der Waals surface area contributed by atoms with Crippen molar-refractivity contribution in [3.05, 3.63) is 101 Å². The zero-order valence-electron chi connectivity index (χ0n) is 18.4. The Balaban J connectivity index is 1.63. The monoisotopic (exact) mass is 405 g/mol. The molecule has 2 heterocycles. The van der Waals surface area contributed by atoms with E-state index in [0.29, 0.717) is 5.92 Å². The maximum atomic E-state index is 6.20. The Labute approximate surface area is 183 Å². The highest BCUT2D eigenvalue weighted by atomic mass is 16.3. The molecule has 0 radical (unpaired) electrons. The van der Waals surface area contributed by atoms with E-state index in [2.05, 4.69) is 93.6 Å². The summed E-state index contributed by atoms with van der Waals surface area (Å²) in [5.74, 6) is 0.620. The Morgan fingerprint density at radius 2 is 1.68 bits per heavy atom. The van der Waals surface area contributed by atoms with Gasteiger partial charge in [0.05, 0.1) is 5.69 Å². The van der Waals surface area contributed by atoms with Crippen LogP contribution in [0.4, 0.5) is 0 Å². The van der Waals surface area contributed by atoms with Crippen molar-refractivity contribution in [1.29, 1.82) is 0 Å². The van der Waals surface area contributed by atoms with Gasteiger partial charge >= 0.3 is 0 Å². The lowest BCUT2D eigenvalue weighted by Gasteiger charge is -2.11. The molecule has 2 heteroatoms. The quantitative estimate of drug-likeness (QED) is 0.299. The van der Waals surface area contributed by atoms with Crippen molar-refractivity contribution < 1.29 is 4.42 Å². The van der Waals surface area contributed by atoms with E-state index in [9.17, 15) is 0 Å². The summed E-state index contributed by atoms with van der Waals surface area (Å²) in [5, 5.41) is 2.37. The average molecular weight is 406 g/mol. The van der Waals surface area contributed by atoms with Crippen LogP contribution in [0, 0.1) is 12.8 Å². The number of aromatic nitrogens is 1. The van der Waals surface area contributed by atoms with Gasteiger partial charge in [0.2, 0.25) is 0 Å². The fourth-order valence-corrected chi connectivity index (χ4v) is 4.41. The Kier molecular flexibility index (Phi) is 5.07. The van der Waals surface area contributed by atoms with Crippen LogP contribution in [-0.4, -0.2) is 4.98 Å². The van der Waals surface area contributed by atoms with Gasteiger partial charge in [-0.25, -0.2) is 0 Å². The summed E-state index contributed by atoms with van der Waals surface area (Å²) in [6.07, 6.45) is 3.96. The van der Waals surface area contributed by atoms with Gasteiger partial charge in [-0.1, -0.05) is 56.3 Å². The lowest BCUT2D eigenvalue weighted by Crippen LogP contribution is -1.98. The standard InChI is InChI=1S/C29H27NO/c1-19(2)14-24-17-26(30-18-20(24)3)22-12-13-27-25(16-22)29-23(10-7-11-28(29)31-27)15-21-8-5-4-6-9-21/h4-13,16-19H,14-15H2,1-3H3. The first-order chi connectivity index (χ1) is 15.1. The molecule has 0 N–H and O–H groups in total. The minimum absolute atomic E-state index is 0.620. The maximum Gasteiger partial charge on any atom is 0.135 e. The van der Waals surface area contributed by atoms with Gasteiger partial charge in [-0.3, -0.25) is 4.98 Å². The molecule has 0 aliphatic heterocycles. The van der Waals surface area contributed by atoms with Crippen molar-refractivity contribution in [3.8, 4) is 11.3 Å². The number of fused-ring (bicyclic) bond motifs is 3. The van der Waals surface area contributed by atoms with Crippen LogP contribution in [0.3, 0.4) is 0 Å². The van der Waals surface area contributed by atoms with Crippen molar-refractivity contribution in [2.75, 3.05) is 0 Å². The molecular weight excluding hydrogens is 378 g/mol. The first-order valence-electron chi connectivity index (χ1n) is 11.0. The SMILES string of the molecule is Cc1cnc(-c2ccc3oc4cccc(Cc5ccccc5)c4c3c2)cc1CC(C)C. The molecule has 0 bridgehead atoms. The summed E-state index contributed by atoms with van der Waals surface area (Å²) in [5.41, 5.74) is 9.26. The molecule has 0 saturated heterocycles. The fraction of sp³-hybridized carbons (Fsp3) is 0.207. The maximum absolute atomic E-state index is 6.20. The first-order valence-corrected chi connectivity index (χ1v) is 11.0. The summed E-state index contributed by atoms with van der Waals surface area (Å²) in [7, 11) is 0. The lowest BCUT2D eigenvalue weighted by atomic mass is 9.96. The number of hydrogen-bond acceptors (Lipinski definition) is 2. The molecule has 31 heavy (non-hydrogen) atoms. The number of hydrogen-bond donors (Lipinski definition) is 0. The molecule has 0 spiro atoms. The zero-order valence-corrected chi connectivity index (χ0v) is 18.4. The van der Waals surface area contributed by atoms with Crippen molar-refractivity contribution in [2.45, 2.75) is 33.6 Å². The average Bonchev–Trinajstić information content (AvgIpc) is 3.14. The Morgan fingerprint density at radius 1 is 0.839 bits per heavy atom. The molecule has 0 amide bonds. The molecule has 5 rings (SSSR count). The van der Waals surface area contributed by atoms with Crippen LogP contribution in [0.1, 0.15) is 36.1 Å².